The third-order valence-corrected chi connectivity index (χ3v) is 5.66. The number of para-hydroxylation sites is 1. The third kappa shape index (κ3) is 2.98. The molecule has 2 fully saturated rings. The van der Waals surface area contributed by atoms with Crippen molar-refractivity contribution in [2.45, 2.75) is 25.4 Å². The lowest BCUT2D eigenvalue weighted by Crippen LogP contribution is -2.45. The molecule has 2 aromatic rings. The summed E-state index contributed by atoms with van der Waals surface area (Å²) < 4.78 is 5.60. The van der Waals surface area contributed by atoms with Crippen molar-refractivity contribution in [2.75, 3.05) is 33.7 Å². The fraction of sp³-hybridized carbons (Fsp3) is 0.500. The highest BCUT2D eigenvalue weighted by Gasteiger charge is 2.50. The number of esters is 1. The van der Waals surface area contributed by atoms with Gasteiger partial charge in [-0.1, -0.05) is 18.2 Å². The van der Waals surface area contributed by atoms with Gasteiger partial charge in [-0.25, -0.2) is 0 Å². The molecule has 6 heteroatoms. The molecule has 1 N–H and O–H groups in total. The van der Waals surface area contributed by atoms with Gasteiger partial charge in [0.05, 0.1) is 5.41 Å². The molecule has 26 heavy (non-hydrogen) atoms. The van der Waals surface area contributed by atoms with Gasteiger partial charge >= 0.3 is 5.97 Å². The maximum atomic E-state index is 12.8. The molecule has 1 atom stereocenters. The highest BCUT2D eigenvalue weighted by molar-refractivity contribution is 5.98. The molecule has 1 amide bonds. The summed E-state index contributed by atoms with van der Waals surface area (Å²) >= 11 is 0. The van der Waals surface area contributed by atoms with Crippen LogP contribution in [0.25, 0.3) is 10.9 Å². The number of carbonyl (C=O) groups excluding carboxylic acids is 2. The van der Waals surface area contributed by atoms with E-state index in [1.54, 1.807) is 0 Å². The lowest BCUT2D eigenvalue weighted by Gasteiger charge is -2.36. The highest BCUT2D eigenvalue weighted by Crippen LogP contribution is 2.43. The largest absolute Gasteiger partial charge is 0.461 e. The van der Waals surface area contributed by atoms with Crippen LogP contribution < -0.4 is 0 Å². The number of carbonyl (C=O) groups is 2. The molecule has 0 aliphatic carbocycles. The number of fused-ring (bicyclic) bond motifs is 1. The number of aromatic nitrogens is 1. The summed E-state index contributed by atoms with van der Waals surface area (Å²) in [6, 6.07) is 9.78. The van der Waals surface area contributed by atoms with Crippen molar-refractivity contribution in [3.05, 3.63) is 36.0 Å². The molecule has 1 aromatic carbocycles. The molecule has 1 aromatic heterocycles. The molecule has 4 rings (SSSR count). The first kappa shape index (κ1) is 17.1. The number of hydrogen-bond acceptors (Lipinski definition) is 4. The van der Waals surface area contributed by atoms with Crippen LogP contribution in [0.15, 0.2) is 30.3 Å². The zero-order valence-corrected chi connectivity index (χ0v) is 15.3. The molecule has 1 unspecified atom stereocenters. The minimum absolute atomic E-state index is 0.00672. The van der Waals surface area contributed by atoms with Crippen LogP contribution in [0, 0.1) is 5.41 Å². The number of H-pyrrole nitrogens is 1. The van der Waals surface area contributed by atoms with E-state index in [0.717, 1.165) is 23.9 Å². The van der Waals surface area contributed by atoms with Gasteiger partial charge in [0, 0.05) is 37.0 Å². The summed E-state index contributed by atoms with van der Waals surface area (Å²) in [5, 5.41) is 1.04. The van der Waals surface area contributed by atoms with Crippen molar-refractivity contribution < 1.29 is 14.3 Å². The second kappa shape index (κ2) is 6.43. The molecule has 6 nitrogen and oxygen atoms in total. The first-order valence-electron chi connectivity index (χ1n) is 9.20. The van der Waals surface area contributed by atoms with E-state index in [9.17, 15) is 9.59 Å². The number of amides is 1. The van der Waals surface area contributed by atoms with Gasteiger partial charge < -0.3 is 19.5 Å². The fourth-order valence-corrected chi connectivity index (χ4v) is 4.25. The lowest BCUT2D eigenvalue weighted by molar-refractivity contribution is -0.150. The number of benzene rings is 1. The van der Waals surface area contributed by atoms with E-state index in [1.807, 2.05) is 54.2 Å². The van der Waals surface area contributed by atoms with E-state index in [2.05, 4.69) is 4.98 Å². The van der Waals surface area contributed by atoms with Crippen LogP contribution in [-0.2, 0) is 9.53 Å². The van der Waals surface area contributed by atoms with Gasteiger partial charge in [-0.05, 0) is 39.1 Å². The Morgan fingerprint density at radius 3 is 2.73 bits per heavy atom. The van der Waals surface area contributed by atoms with E-state index in [1.165, 1.54) is 0 Å². The van der Waals surface area contributed by atoms with Crippen molar-refractivity contribution in [3.63, 3.8) is 0 Å². The third-order valence-electron chi connectivity index (χ3n) is 5.66. The number of hydrogen-bond donors (Lipinski definition) is 1. The number of rotatable bonds is 3. The van der Waals surface area contributed by atoms with Crippen molar-refractivity contribution in [3.8, 4) is 0 Å². The Morgan fingerprint density at radius 1 is 1.31 bits per heavy atom. The number of nitrogens with one attached hydrogen (secondary N) is 1. The topological polar surface area (TPSA) is 65.6 Å². The molecule has 138 valence electrons. The highest BCUT2D eigenvalue weighted by atomic mass is 16.6. The summed E-state index contributed by atoms with van der Waals surface area (Å²) in [6.45, 7) is 1.95. The summed E-state index contributed by atoms with van der Waals surface area (Å²) in [5.41, 5.74) is 1.18. The van der Waals surface area contributed by atoms with Crippen LogP contribution >= 0.6 is 0 Å². The Balaban J connectivity index is 1.43. The van der Waals surface area contributed by atoms with Crippen LogP contribution in [0.4, 0.5) is 0 Å². The van der Waals surface area contributed by atoms with Crippen LogP contribution in [0.1, 0.15) is 29.8 Å². The zero-order valence-electron chi connectivity index (χ0n) is 15.3. The molecular formula is C20H25N3O3. The van der Waals surface area contributed by atoms with E-state index < -0.39 is 5.41 Å². The van der Waals surface area contributed by atoms with Crippen LogP contribution in [-0.4, -0.2) is 66.5 Å². The number of likely N-dealkylation sites (tertiary alicyclic amines) is 1. The standard InChI is InChI=1S/C20H25N3O3/c1-22(2)13-15-12-20(19(25)26-15)7-9-23(10-8-20)18(24)17-11-14-5-3-4-6-16(14)21-17/h3-6,11,15,21H,7-10,12-13H2,1-2H3. The van der Waals surface area contributed by atoms with E-state index in [4.69, 9.17) is 4.74 Å². The second-order valence-corrected chi connectivity index (χ2v) is 7.84. The minimum Gasteiger partial charge on any atom is -0.461 e. The predicted molar refractivity (Wildman–Crippen MR) is 98.9 cm³/mol. The second-order valence-electron chi connectivity index (χ2n) is 7.84. The average molecular weight is 355 g/mol. The average Bonchev–Trinajstić information content (AvgIpc) is 3.16. The molecule has 0 bridgehead atoms. The summed E-state index contributed by atoms with van der Waals surface area (Å²) in [7, 11) is 3.97. The Bertz CT molecular complexity index is 801. The normalized spacial score (nSPS) is 22.3. The minimum atomic E-state index is -0.405. The molecule has 2 aliphatic heterocycles. The number of likely N-dealkylation sites (N-methyl/N-ethyl adjacent to an activating group) is 1. The zero-order chi connectivity index (χ0) is 18.3. The van der Waals surface area contributed by atoms with Gasteiger partial charge in [0.15, 0.2) is 0 Å². The Morgan fingerprint density at radius 2 is 2.04 bits per heavy atom. The predicted octanol–water partition coefficient (Wildman–Crippen LogP) is 2.27. The van der Waals surface area contributed by atoms with Crippen molar-refractivity contribution in [1.29, 1.82) is 0 Å². The van der Waals surface area contributed by atoms with E-state index in [0.29, 0.717) is 31.6 Å². The Labute approximate surface area is 153 Å². The van der Waals surface area contributed by atoms with E-state index in [-0.39, 0.29) is 18.0 Å². The molecule has 2 saturated heterocycles. The van der Waals surface area contributed by atoms with E-state index >= 15 is 0 Å². The first-order chi connectivity index (χ1) is 12.5. The monoisotopic (exact) mass is 355 g/mol. The quantitative estimate of drug-likeness (QED) is 0.858. The molecule has 1 spiro atoms. The van der Waals surface area contributed by atoms with Gasteiger partial charge in [0.2, 0.25) is 0 Å². The summed E-state index contributed by atoms with van der Waals surface area (Å²) in [4.78, 5) is 32.4. The van der Waals surface area contributed by atoms with Gasteiger partial charge in [-0.2, -0.15) is 0 Å². The number of aromatic amines is 1. The molecule has 0 saturated carbocycles. The van der Waals surface area contributed by atoms with Crippen LogP contribution in [0.5, 0.6) is 0 Å². The van der Waals surface area contributed by atoms with Gasteiger partial charge in [-0.3, -0.25) is 9.59 Å². The maximum absolute atomic E-state index is 12.8. The molecule has 2 aliphatic rings. The van der Waals surface area contributed by atoms with Crippen LogP contribution in [0.2, 0.25) is 0 Å². The molecule has 0 radical (unpaired) electrons. The first-order valence-corrected chi connectivity index (χ1v) is 9.20. The maximum Gasteiger partial charge on any atom is 0.312 e. The number of cyclic esters (lactones) is 1. The SMILES string of the molecule is CN(C)CC1CC2(CCN(C(=O)c3cc4ccccc4[nH]3)CC2)C(=O)O1. The number of ether oxygens (including phenoxy) is 1. The van der Waals surface area contributed by atoms with Gasteiger partial charge in [-0.15, -0.1) is 0 Å². The molecular weight excluding hydrogens is 330 g/mol. The number of piperidine rings is 1. The van der Waals surface area contributed by atoms with Gasteiger partial charge in [0.1, 0.15) is 11.8 Å². The van der Waals surface area contributed by atoms with Gasteiger partial charge in [0.25, 0.3) is 5.91 Å². The Hall–Kier alpha value is -2.34. The molecule has 3 heterocycles. The summed E-state index contributed by atoms with van der Waals surface area (Å²) in [6.07, 6.45) is 2.09. The Kier molecular flexibility index (Phi) is 4.23. The van der Waals surface area contributed by atoms with Crippen molar-refractivity contribution >= 4 is 22.8 Å². The number of nitrogens with zero attached hydrogens (tertiary/aromatic N) is 2. The smallest absolute Gasteiger partial charge is 0.312 e. The van der Waals surface area contributed by atoms with Crippen molar-refractivity contribution in [1.82, 2.24) is 14.8 Å². The summed E-state index contributed by atoms with van der Waals surface area (Å²) in [5.74, 6) is -0.0747. The lowest BCUT2D eigenvalue weighted by atomic mass is 9.76. The fourth-order valence-electron chi connectivity index (χ4n) is 4.25. The van der Waals surface area contributed by atoms with Crippen LogP contribution in [0.3, 0.4) is 0 Å². The van der Waals surface area contributed by atoms with Crippen molar-refractivity contribution in [2.24, 2.45) is 5.41 Å².